The van der Waals surface area contributed by atoms with Crippen LogP contribution in [0.5, 0.6) is 0 Å². The van der Waals surface area contributed by atoms with Crippen LogP contribution in [0.3, 0.4) is 0 Å². The van der Waals surface area contributed by atoms with Gasteiger partial charge in [-0.15, -0.1) is 0 Å². The Bertz CT molecular complexity index is 822. The number of hydrogen-bond acceptors (Lipinski definition) is 4. The van der Waals surface area contributed by atoms with E-state index in [9.17, 15) is 9.13 Å². The van der Waals surface area contributed by atoms with Gasteiger partial charge in [0, 0.05) is 22.9 Å². The smallest absolute Gasteiger partial charge is 0.232 e. The molecule has 4 nitrogen and oxygen atoms in total. The summed E-state index contributed by atoms with van der Waals surface area (Å²) in [6.07, 6.45) is 9.78. The van der Waals surface area contributed by atoms with Crippen molar-refractivity contribution in [2.75, 3.05) is 12.3 Å². The molecule has 0 aliphatic rings. The molecule has 0 heterocycles. The summed E-state index contributed by atoms with van der Waals surface area (Å²) in [4.78, 5) is 0. The van der Waals surface area contributed by atoms with E-state index < -0.39 is 14.7 Å². The fraction of sp³-hybridized carbons (Fsp3) is 0.571. The highest BCUT2D eigenvalue weighted by Gasteiger charge is 2.27. The minimum Gasteiger partial charge on any atom is -0.323 e. The predicted molar refractivity (Wildman–Crippen MR) is 146 cm³/mol. The zero-order valence-electron chi connectivity index (χ0n) is 21.5. The van der Waals surface area contributed by atoms with Crippen molar-refractivity contribution in [2.24, 2.45) is 0 Å². The highest BCUT2D eigenvalue weighted by atomic mass is 31.2. The molecule has 0 amide bonds. The Morgan fingerprint density at radius 3 is 1.12 bits per heavy atom. The summed E-state index contributed by atoms with van der Waals surface area (Å²) in [6.45, 7) is 7.79. The standard InChI is InChI=1S/C28H44O4P2/c1-25(2)31-33(29,27-19-13-11-14-20-27)23-17-9-7-5-6-8-10-18-24-34(30,32-26(3)4)28-21-15-12-16-22-28/h11-16,19-22,25-26H,5-10,17-18,23-24H2,1-4H3. The van der Waals surface area contributed by atoms with Crippen molar-refractivity contribution in [1.29, 1.82) is 0 Å². The Morgan fingerprint density at radius 1 is 0.529 bits per heavy atom. The van der Waals surface area contributed by atoms with Gasteiger partial charge in [0.2, 0.25) is 14.7 Å². The average Bonchev–Trinajstić information content (AvgIpc) is 2.80. The Balaban J connectivity index is 1.65. The third-order valence-corrected chi connectivity index (χ3v) is 11.2. The zero-order valence-corrected chi connectivity index (χ0v) is 23.3. The van der Waals surface area contributed by atoms with Crippen LogP contribution in [-0.2, 0) is 18.2 Å². The largest absolute Gasteiger partial charge is 0.323 e. The molecule has 0 N–H and O–H groups in total. The van der Waals surface area contributed by atoms with Crippen LogP contribution in [0.2, 0.25) is 0 Å². The first-order valence-corrected chi connectivity index (χ1v) is 16.5. The van der Waals surface area contributed by atoms with E-state index in [1.165, 1.54) is 12.8 Å². The molecule has 0 aliphatic heterocycles. The van der Waals surface area contributed by atoms with Crippen LogP contribution in [0.25, 0.3) is 0 Å². The van der Waals surface area contributed by atoms with Gasteiger partial charge < -0.3 is 9.05 Å². The van der Waals surface area contributed by atoms with Gasteiger partial charge in [-0.2, -0.15) is 0 Å². The fourth-order valence-electron chi connectivity index (χ4n) is 4.18. The molecule has 2 unspecified atom stereocenters. The van der Waals surface area contributed by atoms with Crippen molar-refractivity contribution in [1.82, 2.24) is 0 Å². The molecule has 2 rings (SSSR count). The first kappa shape index (κ1) is 29.1. The molecular weight excluding hydrogens is 462 g/mol. The van der Waals surface area contributed by atoms with Gasteiger partial charge in [0.05, 0.1) is 12.2 Å². The maximum absolute atomic E-state index is 13.4. The third kappa shape index (κ3) is 10.2. The van der Waals surface area contributed by atoms with Gasteiger partial charge >= 0.3 is 0 Å². The van der Waals surface area contributed by atoms with Crippen LogP contribution >= 0.6 is 14.7 Å². The molecule has 34 heavy (non-hydrogen) atoms. The summed E-state index contributed by atoms with van der Waals surface area (Å²) in [6, 6.07) is 19.3. The van der Waals surface area contributed by atoms with Crippen LogP contribution in [0, 0.1) is 0 Å². The van der Waals surface area contributed by atoms with Crippen LogP contribution in [0.1, 0.15) is 79.1 Å². The molecule has 0 fully saturated rings. The third-order valence-electron chi connectivity index (χ3n) is 5.72. The molecule has 2 aromatic carbocycles. The molecule has 0 bridgehead atoms. The molecular formula is C28H44O4P2. The Hall–Kier alpha value is -1.18. The van der Waals surface area contributed by atoms with E-state index in [0.717, 1.165) is 49.1 Å². The van der Waals surface area contributed by atoms with Crippen LogP contribution in [0.15, 0.2) is 60.7 Å². The Labute approximate surface area is 207 Å². The molecule has 2 atom stereocenters. The monoisotopic (exact) mass is 506 g/mol. The normalized spacial score (nSPS) is 15.4. The van der Waals surface area contributed by atoms with Crippen molar-refractivity contribution >= 4 is 25.3 Å². The summed E-state index contributed by atoms with van der Waals surface area (Å²) in [5.41, 5.74) is 0. The lowest BCUT2D eigenvalue weighted by atomic mass is 10.1. The Morgan fingerprint density at radius 2 is 0.824 bits per heavy atom. The summed E-state index contributed by atoms with van der Waals surface area (Å²) < 4.78 is 38.7. The molecule has 6 heteroatoms. The van der Waals surface area contributed by atoms with E-state index in [1.807, 2.05) is 88.4 Å². The van der Waals surface area contributed by atoms with E-state index in [4.69, 9.17) is 9.05 Å². The minimum atomic E-state index is -2.79. The van der Waals surface area contributed by atoms with Crippen LogP contribution in [0.4, 0.5) is 0 Å². The van der Waals surface area contributed by atoms with Gasteiger partial charge in [0.25, 0.3) is 0 Å². The lowest BCUT2D eigenvalue weighted by molar-refractivity contribution is 0.247. The van der Waals surface area contributed by atoms with E-state index in [-0.39, 0.29) is 12.2 Å². The molecule has 0 aromatic heterocycles. The molecule has 190 valence electrons. The van der Waals surface area contributed by atoms with E-state index in [1.54, 1.807) is 0 Å². The number of hydrogen-bond donors (Lipinski definition) is 0. The van der Waals surface area contributed by atoms with Crippen molar-refractivity contribution in [2.45, 2.75) is 91.3 Å². The summed E-state index contributed by atoms with van der Waals surface area (Å²) >= 11 is 0. The molecule has 0 saturated carbocycles. The minimum absolute atomic E-state index is 0.0471. The van der Waals surface area contributed by atoms with Crippen molar-refractivity contribution < 1.29 is 18.2 Å². The molecule has 0 radical (unpaired) electrons. The summed E-state index contributed by atoms with van der Waals surface area (Å²) in [5, 5.41) is 1.66. The van der Waals surface area contributed by atoms with E-state index in [2.05, 4.69) is 0 Å². The maximum atomic E-state index is 13.4. The average molecular weight is 507 g/mol. The maximum Gasteiger partial charge on any atom is 0.232 e. The van der Waals surface area contributed by atoms with Gasteiger partial charge in [0.1, 0.15) is 0 Å². The summed E-state index contributed by atoms with van der Waals surface area (Å²) in [5.74, 6) is 0. The van der Waals surface area contributed by atoms with Crippen molar-refractivity contribution in [3.63, 3.8) is 0 Å². The predicted octanol–water partition coefficient (Wildman–Crippen LogP) is 8.16. The second-order valence-corrected chi connectivity index (χ2v) is 14.6. The van der Waals surface area contributed by atoms with Crippen molar-refractivity contribution in [3.8, 4) is 0 Å². The van der Waals surface area contributed by atoms with Crippen LogP contribution in [-0.4, -0.2) is 24.5 Å². The van der Waals surface area contributed by atoms with Gasteiger partial charge in [-0.05, 0) is 64.8 Å². The van der Waals surface area contributed by atoms with Gasteiger partial charge in [0.15, 0.2) is 0 Å². The Kier molecular flexibility index (Phi) is 12.9. The second-order valence-electron chi connectivity index (χ2n) is 9.60. The number of unbranched alkanes of at least 4 members (excludes halogenated alkanes) is 7. The van der Waals surface area contributed by atoms with Crippen LogP contribution < -0.4 is 10.6 Å². The van der Waals surface area contributed by atoms with Gasteiger partial charge in [-0.1, -0.05) is 74.9 Å². The highest BCUT2D eigenvalue weighted by Crippen LogP contribution is 2.48. The summed E-state index contributed by atoms with van der Waals surface area (Å²) in [7, 11) is -5.58. The molecule has 0 aliphatic carbocycles. The van der Waals surface area contributed by atoms with E-state index in [0.29, 0.717) is 12.3 Å². The van der Waals surface area contributed by atoms with Gasteiger partial charge in [-0.25, -0.2) is 0 Å². The number of rotatable bonds is 17. The topological polar surface area (TPSA) is 52.6 Å². The first-order chi connectivity index (χ1) is 16.3. The van der Waals surface area contributed by atoms with Crippen molar-refractivity contribution in [3.05, 3.63) is 60.7 Å². The van der Waals surface area contributed by atoms with Gasteiger partial charge in [-0.3, -0.25) is 9.13 Å². The fourth-order valence-corrected chi connectivity index (χ4v) is 9.04. The SMILES string of the molecule is CC(C)OP(=O)(CCCCCCCCCCP(=O)(OC(C)C)c1ccccc1)c1ccccc1. The molecule has 0 spiro atoms. The second kappa shape index (κ2) is 15.0. The molecule has 0 saturated heterocycles. The molecule has 2 aromatic rings. The number of benzene rings is 2. The lowest BCUT2D eigenvalue weighted by Crippen LogP contribution is -2.14. The quantitative estimate of drug-likeness (QED) is 0.160. The first-order valence-electron chi connectivity index (χ1n) is 12.9. The lowest BCUT2D eigenvalue weighted by Gasteiger charge is -2.21. The zero-order chi connectivity index (χ0) is 24.9. The van der Waals surface area contributed by atoms with E-state index >= 15 is 0 Å². The highest BCUT2D eigenvalue weighted by molar-refractivity contribution is 7.67.